The summed E-state index contributed by atoms with van der Waals surface area (Å²) in [4.78, 5) is 11.9. The third kappa shape index (κ3) is 5.11. The number of benzene rings is 2. The van der Waals surface area contributed by atoms with Gasteiger partial charge in [-0.2, -0.15) is 9.41 Å². The summed E-state index contributed by atoms with van der Waals surface area (Å²) in [6, 6.07) is 10.7. The molecule has 2 aromatic carbocycles. The first kappa shape index (κ1) is 20.5. The molecule has 0 aromatic heterocycles. The van der Waals surface area contributed by atoms with E-state index in [0.717, 1.165) is 16.1 Å². The highest BCUT2D eigenvalue weighted by atomic mass is 32.2. The van der Waals surface area contributed by atoms with Gasteiger partial charge < -0.3 is 4.74 Å². The molecule has 0 aliphatic rings. The lowest BCUT2D eigenvalue weighted by Gasteiger charge is -2.18. The van der Waals surface area contributed by atoms with Crippen LogP contribution in [-0.4, -0.2) is 45.5 Å². The van der Waals surface area contributed by atoms with Crippen LogP contribution in [0, 0.1) is 12.7 Å². The van der Waals surface area contributed by atoms with Gasteiger partial charge in [-0.1, -0.05) is 24.3 Å². The number of amides is 1. The van der Waals surface area contributed by atoms with E-state index in [0.29, 0.717) is 0 Å². The van der Waals surface area contributed by atoms with Crippen LogP contribution in [0.25, 0.3) is 0 Å². The largest absolute Gasteiger partial charge is 0.495 e. The predicted octanol–water partition coefficient (Wildman–Crippen LogP) is 1.91. The molecule has 0 saturated heterocycles. The Balaban J connectivity index is 2.07. The zero-order chi connectivity index (χ0) is 20.0. The summed E-state index contributed by atoms with van der Waals surface area (Å²) in [5, 5.41) is 3.65. The third-order valence-electron chi connectivity index (χ3n) is 3.67. The van der Waals surface area contributed by atoms with Gasteiger partial charge in [-0.25, -0.2) is 18.2 Å². The van der Waals surface area contributed by atoms with Crippen LogP contribution >= 0.6 is 0 Å². The Morgan fingerprint density at radius 1 is 1.30 bits per heavy atom. The second-order valence-electron chi connectivity index (χ2n) is 5.73. The lowest BCUT2D eigenvalue weighted by Crippen LogP contribution is -2.36. The highest BCUT2D eigenvalue weighted by Gasteiger charge is 2.26. The molecule has 0 heterocycles. The van der Waals surface area contributed by atoms with Crippen molar-refractivity contribution in [1.29, 1.82) is 0 Å². The van der Waals surface area contributed by atoms with Gasteiger partial charge in [-0.3, -0.25) is 4.79 Å². The number of nitrogens with zero attached hydrogens (tertiary/aromatic N) is 2. The maximum atomic E-state index is 13.5. The number of halogens is 1. The molecule has 0 radical (unpaired) electrons. The smallest absolute Gasteiger partial charge is 0.255 e. The minimum atomic E-state index is -3.95. The summed E-state index contributed by atoms with van der Waals surface area (Å²) in [6.45, 7) is 1.29. The van der Waals surface area contributed by atoms with Gasteiger partial charge in [0.1, 0.15) is 16.5 Å². The van der Waals surface area contributed by atoms with Crippen LogP contribution in [-0.2, 0) is 14.8 Å². The number of likely N-dealkylation sites (N-methyl/N-ethyl adjacent to an activating group) is 1. The molecule has 0 aliphatic carbocycles. The molecular weight excluding hydrogens is 373 g/mol. The van der Waals surface area contributed by atoms with E-state index < -0.39 is 28.3 Å². The van der Waals surface area contributed by atoms with Crippen LogP contribution in [0.5, 0.6) is 5.75 Å². The molecule has 144 valence electrons. The van der Waals surface area contributed by atoms with Crippen molar-refractivity contribution in [2.24, 2.45) is 5.10 Å². The Hall–Kier alpha value is -2.78. The monoisotopic (exact) mass is 393 g/mol. The predicted molar refractivity (Wildman–Crippen MR) is 99.7 cm³/mol. The molecule has 27 heavy (non-hydrogen) atoms. The molecule has 0 unspecified atom stereocenters. The molecule has 1 amide bonds. The average molecular weight is 393 g/mol. The van der Waals surface area contributed by atoms with Crippen LogP contribution in [0.3, 0.4) is 0 Å². The van der Waals surface area contributed by atoms with Crippen molar-refractivity contribution < 1.29 is 22.3 Å². The minimum absolute atomic E-state index is 0.0323. The number of nitrogens with one attached hydrogen (secondary N) is 1. The quantitative estimate of drug-likeness (QED) is 0.575. The molecule has 9 heteroatoms. The highest BCUT2D eigenvalue weighted by molar-refractivity contribution is 7.89. The lowest BCUT2D eigenvalue weighted by atomic mass is 10.2. The molecule has 7 nitrogen and oxygen atoms in total. The van der Waals surface area contributed by atoms with Crippen molar-refractivity contribution in [1.82, 2.24) is 9.73 Å². The number of rotatable bonds is 7. The molecule has 2 aromatic rings. The topological polar surface area (TPSA) is 88.1 Å². The van der Waals surface area contributed by atoms with E-state index in [1.807, 2.05) is 0 Å². The number of hydrogen-bond acceptors (Lipinski definition) is 5. The molecule has 0 saturated carbocycles. The second-order valence-corrected chi connectivity index (χ2v) is 7.74. The number of carbonyl (C=O) groups is 1. The Labute approximate surface area is 157 Å². The van der Waals surface area contributed by atoms with E-state index >= 15 is 0 Å². The van der Waals surface area contributed by atoms with Crippen molar-refractivity contribution in [3.63, 3.8) is 0 Å². The Kier molecular flexibility index (Phi) is 6.65. The van der Waals surface area contributed by atoms with E-state index in [9.17, 15) is 17.6 Å². The summed E-state index contributed by atoms with van der Waals surface area (Å²) in [5.41, 5.74) is 3.11. The molecule has 0 aliphatic heterocycles. The van der Waals surface area contributed by atoms with Crippen LogP contribution < -0.4 is 10.2 Å². The standard InChI is InChI=1S/C18H20FN3O4S/c1-13-8-9-16(26-3)17(10-13)27(24,25)22(2)12-18(23)21-20-11-14-6-4-5-7-15(14)19/h4-11H,12H2,1-3H3,(H,21,23). The van der Waals surface area contributed by atoms with Crippen molar-refractivity contribution in [2.45, 2.75) is 11.8 Å². The molecule has 0 spiro atoms. The van der Waals surface area contributed by atoms with Gasteiger partial charge >= 0.3 is 0 Å². The zero-order valence-corrected chi connectivity index (χ0v) is 16.0. The first-order valence-electron chi connectivity index (χ1n) is 7.93. The number of hydrogen-bond donors (Lipinski definition) is 1. The van der Waals surface area contributed by atoms with Gasteiger partial charge in [0.05, 0.1) is 19.9 Å². The molecular formula is C18H20FN3O4S. The summed E-state index contributed by atoms with van der Waals surface area (Å²) in [6.07, 6.45) is 1.14. The summed E-state index contributed by atoms with van der Waals surface area (Å²) >= 11 is 0. The van der Waals surface area contributed by atoms with E-state index in [4.69, 9.17) is 4.74 Å². The average Bonchev–Trinajstić information content (AvgIpc) is 2.63. The van der Waals surface area contributed by atoms with Crippen molar-refractivity contribution >= 4 is 22.1 Å². The van der Waals surface area contributed by atoms with Crippen LogP contribution in [0.15, 0.2) is 52.5 Å². The van der Waals surface area contributed by atoms with Gasteiger partial charge in [-0.15, -0.1) is 0 Å². The lowest BCUT2D eigenvalue weighted by molar-refractivity contribution is -0.121. The van der Waals surface area contributed by atoms with E-state index in [1.54, 1.807) is 25.1 Å². The molecule has 2 rings (SSSR count). The zero-order valence-electron chi connectivity index (χ0n) is 15.1. The highest BCUT2D eigenvalue weighted by Crippen LogP contribution is 2.26. The number of methoxy groups -OCH3 is 1. The van der Waals surface area contributed by atoms with Crippen molar-refractivity contribution in [2.75, 3.05) is 20.7 Å². The molecule has 0 fully saturated rings. The summed E-state index contributed by atoms with van der Waals surface area (Å²) < 4.78 is 44.9. The van der Waals surface area contributed by atoms with Crippen LogP contribution in [0.4, 0.5) is 4.39 Å². The van der Waals surface area contributed by atoms with Gasteiger partial charge in [0, 0.05) is 12.6 Å². The van der Waals surface area contributed by atoms with Crippen molar-refractivity contribution in [3.05, 3.63) is 59.4 Å². The van der Waals surface area contributed by atoms with Crippen molar-refractivity contribution in [3.8, 4) is 5.75 Å². The van der Waals surface area contributed by atoms with E-state index in [2.05, 4.69) is 10.5 Å². The summed E-state index contributed by atoms with van der Waals surface area (Å²) in [7, 11) is -1.30. The number of carbonyl (C=O) groups excluding carboxylic acids is 1. The first-order chi connectivity index (χ1) is 12.8. The third-order valence-corrected chi connectivity index (χ3v) is 5.50. The molecule has 1 N–H and O–H groups in total. The van der Waals surface area contributed by atoms with Gasteiger partial charge in [-0.05, 0) is 30.7 Å². The number of hydrazone groups is 1. The van der Waals surface area contributed by atoms with Crippen LogP contribution in [0.2, 0.25) is 0 Å². The second kappa shape index (κ2) is 8.74. The number of ether oxygens (including phenoxy) is 1. The van der Waals surface area contributed by atoms with Gasteiger partial charge in [0.25, 0.3) is 5.91 Å². The normalized spacial score (nSPS) is 11.7. The number of sulfonamides is 1. The van der Waals surface area contributed by atoms with Crippen LogP contribution in [0.1, 0.15) is 11.1 Å². The fourth-order valence-electron chi connectivity index (χ4n) is 2.23. The first-order valence-corrected chi connectivity index (χ1v) is 9.37. The molecule has 0 bridgehead atoms. The van der Waals surface area contributed by atoms with E-state index in [-0.39, 0.29) is 16.2 Å². The summed E-state index contributed by atoms with van der Waals surface area (Å²) in [5.74, 6) is -0.965. The Bertz CT molecular complexity index is 961. The van der Waals surface area contributed by atoms with E-state index in [1.165, 1.54) is 38.4 Å². The Morgan fingerprint density at radius 3 is 2.67 bits per heavy atom. The fourth-order valence-corrected chi connectivity index (χ4v) is 3.59. The fraction of sp³-hybridized carbons (Fsp3) is 0.222. The maximum absolute atomic E-state index is 13.5. The Morgan fingerprint density at radius 2 is 2.00 bits per heavy atom. The SMILES string of the molecule is COc1ccc(C)cc1S(=O)(=O)N(C)CC(=O)NN=Cc1ccccc1F. The maximum Gasteiger partial charge on any atom is 0.255 e. The van der Waals surface area contributed by atoms with Gasteiger partial charge in [0.2, 0.25) is 10.0 Å². The van der Waals surface area contributed by atoms with Gasteiger partial charge in [0.15, 0.2) is 0 Å². The number of aryl methyl sites for hydroxylation is 1. The minimum Gasteiger partial charge on any atom is -0.495 e. The molecule has 0 atom stereocenters.